The Hall–Kier alpha value is -2.90. The van der Waals surface area contributed by atoms with Crippen LogP contribution in [-0.2, 0) is 13.6 Å². The van der Waals surface area contributed by atoms with Crippen molar-refractivity contribution >= 4 is 33.4 Å². The second-order valence-corrected chi connectivity index (χ2v) is 7.78. The fraction of sp³-hybridized carbons (Fsp3) is 0.136. The van der Waals surface area contributed by atoms with Crippen molar-refractivity contribution in [2.75, 3.05) is 0 Å². The molecule has 0 N–H and O–H groups in total. The van der Waals surface area contributed by atoms with Gasteiger partial charge in [0.05, 0.1) is 16.5 Å². The molecule has 0 amide bonds. The van der Waals surface area contributed by atoms with Crippen LogP contribution in [-0.4, -0.2) is 4.98 Å². The first kappa shape index (κ1) is 15.4. The molecule has 3 heterocycles. The lowest BCUT2D eigenvalue weighted by Crippen LogP contribution is -2.31. The number of hydrogen-bond acceptors (Lipinski definition) is 2. The number of fused-ring (bicyclic) bond motifs is 3. The van der Waals surface area contributed by atoms with Gasteiger partial charge in [0.25, 0.3) is 0 Å². The third kappa shape index (κ3) is 2.07. The molecule has 0 saturated heterocycles. The summed E-state index contributed by atoms with van der Waals surface area (Å²) in [6, 6.07) is 12.8. The highest BCUT2D eigenvalue weighted by Gasteiger charge is 2.29. The van der Waals surface area contributed by atoms with Crippen LogP contribution in [0, 0.1) is 13.5 Å². The van der Waals surface area contributed by atoms with Crippen LogP contribution in [0.1, 0.15) is 11.1 Å². The molecule has 26 heavy (non-hydrogen) atoms. The van der Waals surface area contributed by atoms with E-state index in [4.69, 9.17) is 6.57 Å². The summed E-state index contributed by atoms with van der Waals surface area (Å²) < 4.78 is 2.22. The lowest BCUT2D eigenvalue weighted by atomic mass is 9.95. The first-order valence-corrected chi connectivity index (χ1v) is 9.34. The van der Waals surface area contributed by atoms with Crippen LogP contribution >= 0.6 is 11.8 Å². The Morgan fingerprint density at radius 3 is 2.92 bits per heavy atom. The molecule has 2 aromatic heterocycles. The molecule has 124 valence electrons. The standard InChI is InChI=1S/C22H16N3S/c1-13-16-5-4-7-24-17(16)11-19-20(13)22-21-15(6-8-25(22)3)9-14(12-23-2)10-18(21)26-19/h4-11H,12H2,1,3H3/q+1. The van der Waals surface area contributed by atoms with Gasteiger partial charge in [-0.05, 0) is 42.1 Å². The van der Waals surface area contributed by atoms with Crippen LogP contribution < -0.4 is 4.57 Å². The molecule has 0 saturated carbocycles. The summed E-state index contributed by atoms with van der Waals surface area (Å²) in [6.07, 6.45) is 3.97. The predicted molar refractivity (Wildman–Crippen MR) is 105 cm³/mol. The Labute approximate surface area is 156 Å². The monoisotopic (exact) mass is 354 g/mol. The fourth-order valence-corrected chi connectivity index (χ4v) is 5.23. The van der Waals surface area contributed by atoms with Crippen LogP contribution in [0.5, 0.6) is 0 Å². The minimum absolute atomic E-state index is 0.422. The Morgan fingerprint density at radius 2 is 2.08 bits per heavy atom. The summed E-state index contributed by atoms with van der Waals surface area (Å²) in [6.45, 7) is 9.82. The maximum Gasteiger partial charge on any atom is 0.239 e. The molecule has 0 fully saturated rings. The van der Waals surface area contributed by atoms with E-state index in [9.17, 15) is 0 Å². The van der Waals surface area contributed by atoms with Gasteiger partial charge in [-0.2, -0.15) is 0 Å². The molecule has 0 atom stereocenters. The van der Waals surface area contributed by atoms with Crippen molar-refractivity contribution in [3.8, 4) is 11.3 Å². The molecule has 2 aromatic carbocycles. The number of pyridine rings is 2. The van der Waals surface area contributed by atoms with Crippen molar-refractivity contribution in [3.63, 3.8) is 0 Å². The molecule has 0 radical (unpaired) electrons. The SMILES string of the molecule is [C-]#[N+]Cc1cc2c3c([n+](C)ccc3c1)-c1c(cc3ncccc3c1C)S2. The van der Waals surface area contributed by atoms with Crippen LogP contribution in [0.4, 0.5) is 0 Å². The van der Waals surface area contributed by atoms with Gasteiger partial charge in [0.1, 0.15) is 7.05 Å². The lowest BCUT2D eigenvalue weighted by Gasteiger charge is -2.21. The van der Waals surface area contributed by atoms with Gasteiger partial charge in [-0.3, -0.25) is 4.98 Å². The maximum absolute atomic E-state index is 7.21. The summed E-state index contributed by atoms with van der Waals surface area (Å²) in [5, 5.41) is 3.70. The Balaban J connectivity index is 1.94. The van der Waals surface area contributed by atoms with E-state index in [1.165, 1.54) is 42.8 Å². The van der Waals surface area contributed by atoms with E-state index in [-0.39, 0.29) is 0 Å². The van der Waals surface area contributed by atoms with E-state index in [0.29, 0.717) is 6.54 Å². The third-order valence-corrected chi connectivity index (χ3v) is 6.19. The van der Waals surface area contributed by atoms with E-state index in [1.807, 2.05) is 12.3 Å². The second kappa shape index (κ2) is 5.55. The minimum Gasteiger partial charge on any atom is -0.312 e. The molecule has 0 spiro atoms. The van der Waals surface area contributed by atoms with Crippen molar-refractivity contribution < 1.29 is 4.57 Å². The van der Waals surface area contributed by atoms with Gasteiger partial charge >= 0.3 is 0 Å². The zero-order chi connectivity index (χ0) is 17.8. The van der Waals surface area contributed by atoms with E-state index in [0.717, 1.165) is 11.1 Å². The normalized spacial score (nSPS) is 12.2. The Kier molecular flexibility index (Phi) is 3.28. The van der Waals surface area contributed by atoms with Gasteiger partial charge in [0.15, 0.2) is 6.20 Å². The van der Waals surface area contributed by atoms with E-state index in [2.05, 4.69) is 64.9 Å². The minimum atomic E-state index is 0.422. The number of aromatic nitrogens is 2. The number of hydrogen-bond donors (Lipinski definition) is 0. The molecule has 1 aliphatic rings. The maximum atomic E-state index is 7.21. The highest BCUT2D eigenvalue weighted by molar-refractivity contribution is 7.99. The molecule has 0 unspecified atom stereocenters. The second-order valence-electron chi connectivity index (χ2n) is 6.70. The predicted octanol–water partition coefficient (Wildman–Crippen LogP) is 5.07. The first-order chi connectivity index (χ1) is 12.7. The summed E-state index contributed by atoms with van der Waals surface area (Å²) in [5.74, 6) is 0. The summed E-state index contributed by atoms with van der Waals surface area (Å²) in [4.78, 5) is 10.6. The molecule has 5 rings (SSSR count). The van der Waals surface area contributed by atoms with Gasteiger partial charge in [0, 0.05) is 33.0 Å². The van der Waals surface area contributed by atoms with E-state index < -0.39 is 0 Å². The van der Waals surface area contributed by atoms with Crippen LogP contribution in [0.15, 0.2) is 58.6 Å². The van der Waals surface area contributed by atoms with Crippen LogP contribution in [0.25, 0.3) is 37.8 Å². The first-order valence-electron chi connectivity index (χ1n) is 8.52. The molecule has 0 bridgehead atoms. The summed E-state index contributed by atoms with van der Waals surface area (Å²) >= 11 is 1.80. The zero-order valence-electron chi connectivity index (χ0n) is 14.6. The molecule has 1 aliphatic heterocycles. The quantitative estimate of drug-likeness (QED) is 0.309. The largest absolute Gasteiger partial charge is 0.312 e. The van der Waals surface area contributed by atoms with Crippen molar-refractivity contribution in [1.82, 2.24) is 4.98 Å². The van der Waals surface area contributed by atoms with E-state index in [1.54, 1.807) is 11.8 Å². The average Bonchev–Trinajstić information content (AvgIpc) is 2.64. The van der Waals surface area contributed by atoms with Crippen molar-refractivity contribution in [3.05, 3.63) is 71.3 Å². The van der Waals surface area contributed by atoms with Crippen LogP contribution in [0.3, 0.4) is 0 Å². The lowest BCUT2D eigenvalue weighted by molar-refractivity contribution is -0.659. The zero-order valence-corrected chi connectivity index (χ0v) is 15.4. The average molecular weight is 354 g/mol. The summed E-state index contributed by atoms with van der Waals surface area (Å²) in [5.41, 5.74) is 5.94. The number of rotatable bonds is 1. The van der Waals surface area contributed by atoms with Crippen molar-refractivity contribution in [1.29, 1.82) is 0 Å². The molecular formula is C22H16N3S+. The van der Waals surface area contributed by atoms with Gasteiger partial charge in [0.2, 0.25) is 12.2 Å². The third-order valence-electron chi connectivity index (χ3n) is 5.11. The molecule has 4 aromatic rings. The smallest absolute Gasteiger partial charge is 0.239 e. The van der Waals surface area contributed by atoms with Crippen LogP contribution in [0.2, 0.25) is 0 Å². The van der Waals surface area contributed by atoms with Gasteiger partial charge < -0.3 is 4.85 Å². The Bertz CT molecular complexity index is 1270. The molecule has 3 nitrogen and oxygen atoms in total. The topological polar surface area (TPSA) is 21.1 Å². The van der Waals surface area contributed by atoms with Crippen molar-refractivity contribution in [2.45, 2.75) is 23.3 Å². The number of aryl methyl sites for hydroxylation is 2. The Morgan fingerprint density at radius 1 is 1.19 bits per heavy atom. The van der Waals surface area contributed by atoms with Gasteiger partial charge in [-0.1, -0.05) is 17.8 Å². The number of nitrogens with zero attached hydrogens (tertiary/aromatic N) is 3. The molecule has 0 aliphatic carbocycles. The summed E-state index contributed by atoms with van der Waals surface area (Å²) in [7, 11) is 2.11. The van der Waals surface area contributed by atoms with E-state index >= 15 is 0 Å². The molecular weight excluding hydrogens is 338 g/mol. The van der Waals surface area contributed by atoms with Gasteiger partial charge in [-0.25, -0.2) is 11.1 Å². The fourth-order valence-electron chi connectivity index (χ4n) is 3.95. The highest BCUT2D eigenvalue weighted by Crippen LogP contribution is 2.49. The molecule has 4 heteroatoms. The number of benzene rings is 2. The van der Waals surface area contributed by atoms with Gasteiger partial charge in [-0.15, -0.1) is 0 Å². The highest BCUT2D eigenvalue weighted by atomic mass is 32.2. The van der Waals surface area contributed by atoms with Crippen molar-refractivity contribution in [2.24, 2.45) is 7.05 Å².